The number of nitrogens with zero attached hydrogens (tertiary/aromatic N) is 1. The van der Waals surface area contributed by atoms with Crippen molar-refractivity contribution in [2.24, 2.45) is 5.92 Å². The maximum atomic E-state index is 4.15. The Labute approximate surface area is 95.2 Å². The zero-order valence-electron chi connectivity index (χ0n) is 10.6. The molecule has 0 amide bonds. The topological polar surface area (TPSA) is 3.24 Å². The third kappa shape index (κ3) is 7.15. The molecule has 1 unspecified atom stereocenters. The van der Waals surface area contributed by atoms with Gasteiger partial charge in [-0.3, -0.25) is 4.90 Å². The van der Waals surface area contributed by atoms with Crippen molar-refractivity contribution in [3.8, 4) is 0 Å². The molecule has 0 saturated carbocycles. The van der Waals surface area contributed by atoms with E-state index >= 15 is 0 Å². The van der Waals surface area contributed by atoms with E-state index in [1.807, 2.05) is 6.08 Å². The van der Waals surface area contributed by atoms with Crippen molar-refractivity contribution in [3.05, 3.63) is 37.0 Å². The Balaban J connectivity index is 3.89. The van der Waals surface area contributed by atoms with Crippen molar-refractivity contribution in [2.45, 2.75) is 26.7 Å². The Kier molecular flexibility index (Phi) is 7.06. The summed E-state index contributed by atoms with van der Waals surface area (Å²) >= 11 is 0. The lowest BCUT2D eigenvalue weighted by Gasteiger charge is -2.21. The average molecular weight is 207 g/mol. The Hall–Kier alpha value is -0.820. The first-order valence-electron chi connectivity index (χ1n) is 5.58. The van der Waals surface area contributed by atoms with Crippen LogP contribution >= 0.6 is 0 Å². The van der Waals surface area contributed by atoms with Gasteiger partial charge in [-0.2, -0.15) is 0 Å². The molecule has 0 aliphatic rings. The van der Waals surface area contributed by atoms with E-state index in [0.29, 0.717) is 5.92 Å². The minimum atomic E-state index is 0.579. The summed E-state index contributed by atoms with van der Waals surface area (Å²) in [6.45, 7) is 18.0. The fraction of sp³-hybridized carbons (Fsp3) is 0.571. The molecule has 0 aromatic rings. The molecular weight excluding hydrogens is 182 g/mol. The molecule has 0 fully saturated rings. The molecule has 0 N–H and O–H groups in total. The molecule has 0 aliphatic heterocycles. The van der Waals surface area contributed by atoms with Crippen molar-refractivity contribution >= 4 is 0 Å². The van der Waals surface area contributed by atoms with Gasteiger partial charge in [-0.15, -0.1) is 6.58 Å². The van der Waals surface area contributed by atoms with Gasteiger partial charge in [0.25, 0.3) is 0 Å². The van der Waals surface area contributed by atoms with Gasteiger partial charge in [-0.25, -0.2) is 0 Å². The van der Waals surface area contributed by atoms with Crippen LogP contribution in [0.4, 0.5) is 0 Å². The lowest BCUT2D eigenvalue weighted by Crippen LogP contribution is -2.24. The van der Waals surface area contributed by atoms with E-state index in [1.165, 1.54) is 11.1 Å². The molecule has 86 valence electrons. The highest BCUT2D eigenvalue weighted by atomic mass is 15.1. The molecule has 1 atom stereocenters. The van der Waals surface area contributed by atoms with Gasteiger partial charge in [0.05, 0.1) is 0 Å². The van der Waals surface area contributed by atoms with Gasteiger partial charge < -0.3 is 0 Å². The van der Waals surface area contributed by atoms with Gasteiger partial charge in [0, 0.05) is 13.1 Å². The molecule has 0 radical (unpaired) electrons. The summed E-state index contributed by atoms with van der Waals surface area (Å²) in [5, 5.41) is 0. The maximum Gasteiger partial charge on any atom is 0.0193 e. The smallest absolute Gasteiger partial charge is 0.0193 e. The molecule has 0 spiro atoms. The van der Waals surface area contributed by atoms with E-state index < -0.39 is 0 Å². The van der Waals surface area contributed by atoms with Gasteiger partial charge in [-0.1, -0.05) is 37.3 Å². The Morgan fingerprint density at radius 2 is 1.93 bits per heavy atom. The highest BCUT2D eigenvalue weighted by Gasteiger charge is 2.08. The number of likely N-dealkylation sites (N-methyl/N-ethyl adjacent to an activating group) is 1. The predicted molar refractivity (Wildman–Crippen MR) is 70.0 cm³/mol. The van der Waals surface area contributed by atoms with Crippen LogP contribution < -0.4 is 0 Å². The second kappa shape index (κ2) is 7.47. The molecule has 0 rings (SSSR count). The third-order valence-electron chi connectivity index (χ3n) is 2.51. The van der Waals surface area contributed by atoms with E-state index in [2.05, 4.69) is 45.5 Å². The van der Waals surface area contributed by atoms with Crippen LogP contribution in [0.2, 0.25) is 0 Å². The van der Waals surface area contributed by atoms with Crippen LogP contribution in [-0.2, 0) is 0 Å². The van der Waals surface area contributed by atoms with Gasteiger partial charge >= 0.3 is 0 Å². The largest absolute Gasteiger partial charge is 0.299 e. The summed E-state index contributed by atoms with van der Waals surface area (Å²) < 4.78 is 0. The van der Waals surface area contributed by atoms with E-state index in [0.717, 1.165) is 25.9 Å². The van der Waals surface area contributed by atoms with Crippen molar-refractivity contribution in [2.75, 3.05) is 20.1 Å². The van der Waals surface area contributed by atoms with Crippen LogP contribution in [0.5, 0.6) is 0 Å². The lowest BCUT2D eigenvalue weighted by atomic mass is 9.97. The number of hydrogen-bond donors (Lipinski definition) is 0. The lowest BCUT2D eigenvalue weighted by molar-refractivity contribution is 0.376. The van der Waals surface area contributed by atoms with E-state index in [-0.39, 0.29) is 0 Å². The number of rotatable bonds is 8. The van der Waals surface area contributed by atoms with Gasteiger partial charge in [0.2, 0.25) is 0 Å². The SMILES string of the molecule is C=CCCC(C)C(=C)CN(C)CC(=C)C. The fourth-order valence-electron chi connectivity index (χ4n) is 1.59. The average Bonchev–Trinajstić information content (AvgIpc) is 2.12. The molecule has 1 heteroatoms. The second-order valence-corrected chi connectivity index (χ2v) is 4.55. The highest BCUT2D eigenvalue weighted by Crippen LogP contribution is 2.16. The van der Waals surface area contributed by atoms with Crippen LogP contribution in [0, 0.1) is 5.92 Å². The third-order valence-corrected chi connectivity index (χ3v) is 2.51. The molecule has 0 aromatic heterocycles. The first-order chi connectivity index (χ1) is 6.97. The van der Waals surface area contributed by atoms with Crippen LogP contribution in [0.15, 0.2) is 37.0 Å². The minimum absolute atomic E-state index is 0.579. The Morgan fingerprint density at radius 3 is 2.40 bits per heavy atom. The van der Waals surface area contributed by atoms with Gasteiger partial charge in [0.15, 0.2) is 0 Å². The van der Waals surface area contributed by atoms with Gasteiger partial charge in [0.1, 0.15) is 0 Å². The Bertz CT molecular complexity index is 227. The molecule has 0 saturated heterocycles. The predicted octanol–water partition coefficient (Wildman–Crippen LogP) is 3.65. The second-order valence-electron chi connectivity index (χ2n) is 4.55. The molecular formula is C14H25N. The van der Waals surface area contributed by atoms with E-state index in [9.17, 15) is 0 Å². The quantitative estimate of drug-likeness (QED) is 0.549. The number of allylic oxidation sites excluding steroid dienone is 1. The molecule has 1 nitrogen and oxygen atoms in total. The van der Waals surface area contributed by atoms with Crippen molar-refractivity contribution in [1.82, 2.24) is 4.90 Å². The first-order valence-corrected chi connectivity index (χ1v) is 5.58. The summed E-state index contributed by atoms with van der Waals surface area (Å²) in [6, 6.07) is 0. The zero-order chi connectivity index (χ0) is 11.8. The zero-order valence-corrected chi connectivity index (χ0v) is 10.6. The maximum absolute atomic E-state index is 4.15. The highest BCUT2D eigenvalue weighted by molar-refractivity contribution is 5.03. The van der Waals surface area contributed by atoms with E-state index in [4.69, 9.17) is 0 Å². The van der Waals surface area contributed by atoms with Crippen molar-refractivity contribution in [3.63, 3.8) is 0 Å². The standard InChI is InChI=1S/C14H25N/c1-7-8-9-13(4)14(5)11-15(6)10-12(2)3/h7,13H,1-2,5,8-11H2,3-4,6H3. The van der Waals surface area contributed by atoms with Crippen LogP contribution in [0.1, 0.15) is 26.7 Å². The van der Waals surface area contributed by atoms with Crippen molar-refractivity contribution < 1.29 is 0 Å². The summed E-state index contributed by atoms with van der Waals surface area (Å²) in [7, 11) is 2.11. The summed E-state index contributed by atoms with van der Waals surface area (Å²) in [5.41, 5.74) is 2.50. The van der Waals surface area contributed by atoms with Crippen LogP contribution in [0.3, 0.4) is 0 Å². The Morgan fingerprint density at radius 1 is 1.33 bits per heavy atom. The van der Waals surface area contributed by atoms with Crippen molar-refractivity contribution in [1.29, 1.82) is 0 Å². The summed E-state index contributed by atoms with van der Waals surface area (Å²) in [4.78, 5) is 2.26. The molecule has 0 aromatic carbocycles. The fourth-order valence-corrected chi connectivity index (χ4v) is 1.59. The monoisotopic (exact) mass is 207 g/mol. The minimum Gasteiger partial charge on any atom is -0.299 e. The van der Waals surface area contributed by atoms with Gasteiger partial charge in [-0.05, 0) is 32.7 Å². The molecule has 0 aliphatic carbocycles. The number of hydrogen-bond acceptors (Lipinski definition) is 1. The molecule has 0 bridgehead atoms. The summed E-state index contributed by atoms with van der Waals surface area (Å²) in [6.07, 6.45) is 4.20. The van der Waals surface area contributed by atoms with E-state index in [1.54, 1.807) is 0 Å². The first kappa shape index (κ1) is 14.2. The van der Waals surface area contributed by atoms with Crippen LogP contribution in [0.25, 0.3) is 0 Å². The van der Waals surface area contributed by atoms with Crippen LogP contribution in [-0.4, -0.2) is 25.0 Å². The normalized spacial score (nSPS) is 12.5. The molecule has 15 heavy (non-hydrogen) atoms. The molecule has 0 heterocycles. The summed E-state index contributed by atoms with van der Waals surface area (Å²) in [5.74, 6) is 0.579.